The van der Waals surface area contributed by atoms with E-state index in [4.69, 9.17) is 4.74 Å². The molecular formula is C18H27F3IN3O2S. The van der Waals surface area contributed by atoms with Crippen molar-refractivity contribution in [3.05, 3.63) is 29.8 Å². The summed E-state index contributed by atoms with van der Waals surface area (Å²) in [5, 5.41) is 17.0. The van der Waals surface area contributed by atoms with Crippen molar-refractivity contribution in [3.63, 3.8) is 0 Å². The third-order valence-corrected chi connectivity index (χ3v) is 5.35. The zero-order chi connectivity index (χ0) is 19.7. The second-order valence-corrected chi connectivity index (χ2v) is 7.63. The molecule has 3 N–H and O–H groups in total. The number of nitrogens with one attached hydrogen (secondary N) is 2. The van der Waals surface area contributed by atoms with Gasteiger partial charge in [-0.1, -0.05) is 0 Å². The smallest absolute Gasteiger partial charge is 0.416 e. The zero-order valence-electron chi connectivity index (χ0n) is 15.7. The highest BCUT2D eigenvalue weighted by Gasteiger charge is 2.30. The van der Waals surface area contributed by atoms with Crippen molar-refractivity contribution < 1.29 is 23.0 Å². The van der Waals surface area contributed by atoms with Crippen molar-refractivity contribution in [1.29, 1.82) is 0 Å². The van der Waals surface area contributed by atoms with Gasteiger partial charge in [-0.25, -0.2) is 0 Å². The number of hydrogen-bond acceptors (Lipinski definition) is 4. The molecular weight excluding hydrogens is 506 g/mol. The van der Waals surface area contributed by atoms with Crippen molar-refractivity contribution in [2.24, 2.45) is 4.99 Å². The van der Waals surface area contributed by atoms with E-state index in [0.29, 0.717) is 17.8 Å². The van der Waals surface area contributed by atoms with E-state index in [2.05, 4.69) is 15.6 Å². The summed E-state index contributed by atoms with van der Waals surface area (Å²) in [6.45, 7) is 3.59. The number of aliphatic hydroxyl groups excluding tert-OH is 1. The molecule has 0 aliphatic carbocycles. The Hall–Kier alpha value is -0.880. The Balaban J connectivity index is 0.00000392. The average Bonchev–Trinajstić information content (AvgIpc) is 3.15. The summed E-state index contributed by atoms with van der Waals surface area (Å²) in [4.78, 5) is 4.34. The molecule has 10 heteroatoms. The van der Waals surface area contributed by atoms with Gasteiger partial charge < -0.3 is 20.5 Å². The summed E-state index contributed by atoms with van der Waals surface area (Å²) in [5.41, 5.74) is -0.734. The van der Waals surface area contributed by atoms with Crippen LogP contribution in [0.3, 0.4) is 0 Å². The van der Waals surface area contributed by atoms with Crippen LogP contribution >= 0.6 is 35.7 Å². The van der Waals surface area contributed by atoms with E-state index in [-0.39, 0.29) is 42.9 Å². The van der Waals surface area contributed by atoms with Gasteiger partial charge in [-0.3, -0.25) is 4.99 Å². The summed E-state index contributed by atoms with van der Waals surface area (Å²) in [6, 6.07) is 4.38. The lowest BCUT2D eigenvalue weighted by atomic mass is 10.2. The van der Waals surface area contributed by atoms with E-state index in [1.54, 1.807) is 0 Å². The lowest BCUT2D eigenvalue weighted by molar-refractivity contribution is -0.137. The van der Waals surface area contributed by atoms with Crippen molar-refractivity contribution in [2.75, 3.05) is 32.0 Å². The van der Waals surface area contributed by atoms with Crippen LogP contribution in [-0.4, -0.2) is 54.4 Å². The third kappa shape index (κ3) is 9.08. The Labute approximate surface area is 184 Å². The highest BCUT2D eigenvalue weighted by atomic mass is 127. The first-order valence-electron chi connectivity index (χ1n) is 9.00. The van der Waals surface area contributed by atoms with Gasteiger partial charge in [-0.05, 0) is 49.8 Å². The van der Waals surface area contributed by atoms with Gasteiger partial charge in [-0.15, -0.1) is 24.0 Å². The Kier molecular flexibility index (Phi) is 11.4. The fraction of sp³-hybridized carbons (Fsp3) is 0.611. The molecule has 1 aromatic rings. The van der Waals surface area contributed by atoms with Crippen molar-refractivity contribution >= 4 is 41.7 Å². The number of thioether (sulfide) groups is 1. The van der Waals surface area contributed by atoms with Gasteiger partial charge in [0.25, 0.3) is 0 Å². The number of alkyl halides is 3. The maximum Gasteiger partial charge on any atom is 0.416 e. The van der Waals surface area contributed by atoms with E-state index < -0.39 is 17.8 Å². The molecule has 0 spiro atoms. The van der Waals surface area contributed by atoms with E-state index in [1.807, 2.05) is 18.7 Å². The molecule has 1 saturated heterocycles. The molecule has 0 aromatic heterocycles. The van der Waals surface area contributed by atoms with E-state index >= 15 is 0 Å². The number of rotatable bonds is 8. The Morgan fingerprint density at radius 2 is 2.04 bits per heavy atom. The van der Waals surface area contributed by atoms with Crippen LogP contribution in [0.25, 0.3) is 0 Å². The first-order chi connectivity index (χ1) is 12.9. The number of aliphatic hydroxyl groups is 1. The zero-order valence-corrected chi connectivity index (χ0v) is 18.8. The number of guanidine groups is 1. The van der Waals surface area contributed by atoms with Gasteiger partial charge in [0.1, 0.15) is 18.5 Å². The predicted molar refractivity (Wildman–Crippen MR) is 118 cm³/mol. The second-order valence-electron chi connectivity index (χ2n) is 6.22. The van der Waals surface area contributed by atoms with E-state index in [9.17, 15) is 18.3 Å². The molecule has 0 bridgehead atoms. The van der Waals surface area contributed by atoms with Crippen LogP contribution in [0.1, 0.15) is 25.3 Å². The molecule has 0 saturated carbocycles. The second kappa shape index (κ2) is 12.6. The fourth-order valence-corrected chi connectivity index (χ4v) is 3.74. The average molecular weight is 533 g/mol. The van der Waals surface area contributed by atoms with E-state index in [1.165, 1.54) is 30.7 Å². The van der Waals surface area contributed by atoms with Crippen LogP contribution < -0.4 is 15.4 Å². The molecule has 160 valence electrons. The standard InChI is InChI=1S/C18H26F3N3O2S.HI/c1-2-22-17(24-11-16-4-3-9-27-16)23-10-14(25)12-26-15-7-5-13(6-8-15)18(19,20)21;/h5-8,14,16,25H,2-4,9-12H2,1H3,(H2,22,23,24);1H. The minimum absolute atomic E-state index is 0. The summed E-state index contributed by atoms with van der Waals surface area (Å²) in [5.74, 6) is 2.10. The topological polar surface area (TPSA) is 65.9 Å². The lowest BCUT2D eigenvalue weighted by Gasteiger charge is -2.16. The minimum Gasteiger partial charge on any atom is -0.491 e. The summed E-state index contributed by atoms with van der Waals surface area (Å²) in [7, 11) is 0. The maximum atomic E-state index is 12.5. The largest absolute Gasteiger partial charge is 0.491 e. The molecule has 1 aliphatic rings. The number of nitrogens with zero attached hydrogens (tertiary/aromatic N) is 1. The fourth-order valence-electron chi connectivity index (χ4n) is 2.54. The molecule has 0 radical (unpaired) electrons. The van der Waals surface area contributed by atoms with E-state index in [0.717, 1.165) is 18.7 Å². The van der Waals surface area contributed by atoms with Crippen molar-refractivity contribution in [2.45, 2.75) is 37.3 Å². The first-order valence-corrected chi connectivity index (χ1v) is 10.0. The van der Waals surface area contributed by atoms with Gasteiger partial charge >= 0.3 is 6.18 Å². The quantitative estimate of drug-likeness (QED) is 0.271. The molecule has 1 heterocycles. The molecule has 2 unspecified atom stereocenters. The SMILES string of the molecule is CCNC(=NCC(O)COc1ccc(C(F)(F)F)cc1)NCC1CCCS1.I. The molecule has 1 aromatic carbocycles. The van der Waals surface area contributed by atoms with Gasteiger partial charge in [0.2, 0.25) is 0 Å². The summed E-state index contributed by atoms with van der Waals surface area (Å²) in [6.07, 6.45) is -2.80. The maximum absolute atomic E-state index is 12.5. The van der Waals surface area contributed by atoms with Crippen LogP contribution in [0.5, 0.6) is 5.75 Å². The van der Waals surface area contributed by atoms with Crippen LogP contribution in [-0.2, 0) is 6.18 Å². The van der Waals surface area contributed by atoms with Gasteiger partial charge in [0.05, 0.1) is 12.1 Å². The molecule has 0 amide bonds. The van der Waals surface area contributed by atoms with Crippen LogP contribution in [0, 0.1) is 0 Å². The van der Waals surface area contributed by atoms with Crippen LogP contribution in [0.15, 0.2) is 29.3 Å². The van der Waals surface area contributed by atoms with Gasteiger partial charge in [0.15, 0.2) is 5.96 Å². The first kappa shape index (κ1) is 25.2. The number of aliphatic imine (C=N–C) groups is 1. The third-order valence-electron chi connectivity index (χ3n) is 3.95. The Morgan fingerprint density at radius 1 is 1.32 bits per heavy atom. The van der Waals surface area contributed by atoms with Crippen LogP contribution in [0.2, 0.25) is 0 Å². The lowest BCUT2D eigenvalue weighted by Crippen LogP contribution is -2.40. The number of ether oxygens (including phenoxy) is 1. The highest BCUT2D eigenvalue weighted by molar-refractivity contribution is 14.0. The van der Waals surface area contributed by atoms with Crippen LogP contribution in [0.4, 0.5) is 13.2 Å². The highest BCUT2D eigenvalue weighted by Crippen LogP contribution is 2.30. The Bertz CT molecular complexity index is 597. The summed E-state index contributed by atoms with van der Waals surface area (Å²) < 4.78 is 42.9. The molecule has 5 nitrogen and oxygen atoms in total. The predicted octanol–water partition coefficient (Wildman–Crippen LogP) is 3.51. The molecule has 2 atom stereocenters. The Morgan fingerprint density at radius 3 is 2.61 bits per heavy atom. The van der Waals surface area contributed by atoms with Gasteiger partial charge in [-0.2, -0.15) is 24.9 Å². The normalized spacial score (nSPS) is 18.3. The molecule has 1 aliphatic heterocycles. The number of benzene rings is 1. The molecule has 28 heavy (non-hydrogen) atoms. The van der Waals surface area contributed by atoms with Gasteiger partial charge in [0, 0.05) is 18.3 Å². The number of hydrogen-bond donors (Lipinski definition) is 3. The minimum atomic E-state index is -4.38. The molecule has 2 rings (SSSR count). The number of halogens is 4. The van der Waals surface area contributed by atoms with Crippen molar-refractivity contribution in [1.82, 2.24) is 10.6 Å². The van der Waals surface area contributed by atoms with Crippen molar-refractivity contribution in [3.8, 4) is 5.75 Å². The monoisotopic (exact) mass is 533 g/mol. The molecule has 1 fully saturated rings. The summed E-state index contributed by atoms with van der Waals surface area (Å²) >= 11 is 1.95.